The van der Waals surface area contributed by atoms with Gasteiger partial charge in [-0.25, -0.2) is 4.98 Å². The van der Waals surface area contributed by atoms with Gasteiger partial charge in [0.05, 0.1) is 0 Å². The third-order valence-corrected chi connectivity index (χ3v) is 4.16. The largest absolute Gasteiger partial charge is 0.357 e. The van der Waals surface area contributed by atoms with Crippen molar-refractivity contribution in [2.24, 2.45) is 5.73 Å². The average molecular weight is 247 g/mol. The smallest absolute Gasteiger partial charge is 0.133 e. The summed E-state index contributed by atoms with van der Waals surface area (Å²) in [7, 11) is 2.13. The molecule has 0 radical (unpaired) electrons. The summed E-state index contributed by atoms with van der Waals surface area (Å²) in [5, 5.41) is 0. The molecule has 0 aromatic carbocycles. The molecule has 100 valence electrons. The second-order valence-electron chi connectivity index (χ2n) is 5.36. The summed E-state index contributed by atoms with van der Waals surface area (Å²) in [5.41, 5.74) is 9.80. The minimum atomic E-state index is 0.504. The van der Waals surface area contributed by atoms with Gasteiger partial charge in [-0.1, -0.05) is 6.92 Å². The Morgan fingerprint density at radius 2 is 2.11 bits per heavy atom. The molecule has 1 aromatic rings. The lowest BCUT2D eigenvalue weighted by atomic mass is 9.94. The average Bonchev–Trinajstić information content (AvgIpc) is 2.44. The lowest BCUT2D eigenvalue weighted by molar-refractivity contribution is 0.636. The van der Waals surface area contributed by atoms with Crippen LogP contribution in [0.25, 0.3) is 0 Å². The molecular formula is C15H25N3. The minimum Gasteiger partial charge on any atom is -0.357 e. The standard InChI is InChI=1S/C15H25N3/c1-4-11(2)18(3)15-13(10-16)9-12-7-5-6-8-14(12)17-15/h9,11H,4-8,10,16H2,1-3H3. The fourth-order valence-electron chi connectivity index (χ4n) is 2.61. The third-order valence-electron chi connectivity index (χ3n) is 4.16. The monoisotopic (exact) mass is 247 g/mol. The van der Waals surface area contributed by atoms with Crippen molar-refractivity contribution in [1.29, 1.82) is 0 Å². The summed E-state index contributed by atoms with van der Waals surface area (Å²) in [4.78, 5) is 7.17. The van der Waals surface area contributed by atoms with E-state index in [4.69, 9.17) is 10.7 Å². The van der Waals surface area contributed by atoms with Crippen LogP contribution >= 0.6 is 0 Å². The number of anilines is 1. The first-order chi connectivity index (χ1) is 8.67. The van der Waals surface area contributed by atoms with Gasteiger partial charge in [-0.2, -0.15) is 0 Å². The predicted octanol–water partition coefficient (Wildman–Crippen LogP) is 2.65. The van der Waals surface area contributed by atoms with Crippen molar-refractivity contribution in [3.8, 4) is 0 Å². The van der Waals surface area contributed by atoms with Gasteiger partial charge in [-0.15, -0.1) is 0 Å². The zero-order valence-electron chi connectivity index (χ0n) is 11.9. The van der Waals surface area contributed by atoms with Crippen LogP contribution in [0.5, 0.6) is 0 Å². The van der Waals surface area contributed by atoms with E-state index in [0.29, 0.717) is 12.6 Å². The van der Waals surface area contributed by atoms with Crippen molar-refractivity contribution < 1.29 is 0 Å². The molecule has 3 heteroatoms. The van der Waals surface area contributed by atoms with Crippen LogP contribution < -0.4 is 10.6 Å². The Hall–Kier alpha value is -1.09. The highest BCUT2D eigenvalue weighted by Gasteiger charge is 2.18. The fraction of sp³-hybridized carbons (Fsp3) is 0.667. The van der Waals surface area contributed by atoms with Crippen molar-refractivity contribution >= 4 is 5.82 Å². The van der Waals surface area contributed by atoms with Crippen molar-refractivity contribution in [2.75, 3.05) is 11.9 Å². The molecule has 2 N–H and O–H groups in total. The Kier molecular flexibility index (Phi) is 4.23. The molecule has 0 aliphatic heterocycles. The van der Waals surface area contributed by atoms with Gasteiger partial charge in [-0.3, -0.25) is 0 Å². The van der Waals surface area contributed by atoms with Crippen LogP contribution in [-0.2, 0) is 19.4 Å². The molecule has 0 saturated heterocycles. The van der Waals surface area contributed by atoms with Crippen LogP contribution in [0.15, 0.2) is 6.07 Å². The molecule has 0 fully saturated rings. The quantitative estimate of drug-likeness (QED) is 0.889. The maximum atomic E-state index is 5.90. The molecule has 1 aromatic heterocycles. The molecule has 1 atom stereocenters. The molecule has 1 aliphatic rings. The fourth-order valence-corrected chi connectivity index (χ4v) is 2.61. The van der Waals surface area contributed by atoms with E-state index < -0.39 is 0 Å². The number of rotatable bonds is 4. The van der Waals surface area contributed by atoms with Crippen molar-refractivity contribution in [1.82, 2.24) is 4.98 Å². The molecule has 18 heavy (non-hydrogen) atoms. The molecular weight excluding hydrogens is 222 g/mol. The summed E-state index contributed by atoms with van der Waals surface area (Å²) in [6.07, 6.45) is 5.98. The van der Waals surface area contributed by atoms with Crippen LogP contribution in [0.2, 0.25) is 0 Å². The molecule has 0 amide bonds. The molecule has 2 rings (SSSR count). The van der Waals surface area contributed by atoms with Gasteiger partial charge < -0.3 is 10.6 Å². The van der Waals surface area contributed by atoms with E-state index in [9.17, 15) is 0 Å². The lowest BCUT2D eigenvalue weighted by Crippen LogP contribution is -2.31. The first-order valence-corrected chi connectivity index (χ1v) is 7.12. The highest BCUT2D eigenvalue weighted by atomic mass is 15.2. The first kappa shape index (κ1) is 13.3. The lowest BCUT2D eigenvalue weighted by Gasteiger charge is -2.29. The van der Waals surface area contributed by atoms with Crippen LogP contribution in [0.3, 0.4) is 0 Å². The van der Waals surface area contributed by atoms with Gasteiger partial charge in [0.25, 0.3) is 0 Å². The van der Waals surface area contributed by atoms with Crippen molar-refractivity contribution in [3.05, 3.63) is 22.9 Å². The molecule has 0 spiro atoms. The Morgan fingerprint density at radius 3 is 2.78 bits per heavy atom. The van der Waals surface area contributed by atoms with E-state index in [1.165, 1.54) is 36.1 Å². The first-order valence-electron chi connectivity index (χ1n) is 7.12. The number of hydrogen-bond acceptors (Lipinski definition) is 3. The highest BCUT2D eigenvalue weighted by molar-refractivity contribution is 5.50. The summed E-state index contributed by atoms with van der Waals surface area (Å²) in [6.45, 7) is 5.03. The van der Waals surface area contributed by atoms with E-state index in [2.05, 4.69) is 31.9 Å². The SMILES string of the molecule is CCC(C)N(C)c1nc2c(cc1CN)CCCC2. The van der Waals surface area contributed by atoms with Gasteiger partial charge in [-0.05, 0) is 50.7 Å². The number of pyridine rings is 1. The maximum Gasteiger partial charge on any atom is 0.133 e. The van der Waals surface area contributed by atoms with E-state index in [-0.39, 0.29) is 0 Å². The Labute approximate surface area is 110 Å². The molecule has 0 bridgehead atoms. The molecule has 1 aliphatic carbocycles. The Bertz CT molecular complexity index is 414. The highest BCUT2D eigenvalue weighted by Crippen LogP contribution is 2.27. The van der Waals surface area contributed by atoms with Gasteiger partial charge >= 0.3 is 0 Å². The van der Waals surface area contributed by atoms with Crippen LogP contribution in [0.1, 0.15) is 49.9 Å². The van der Waals surface area contributed by atoms with Gasteiger partial charge in [0.2, 0.25) is 0 Å². The number of nitrogens with two attached hydrogens (primary N) is 1. The van der Waals surface area contributed by atoms with E-state index >= 15 is 0 Å². The summed E-state index contributed by atoms with van der Waals surface area (Å²) in [6, 6.07) is 2.79. The number of aromatic nitrogens is 1. The van der Waals surface area contributed by atoms with Crippen LogP contribution in [0, 0.1) is 0 Å². The zero-order valence-corrected chi connectivity index (χ0v) is 11.9. The summed E-state index contributed by atoms with van der Waals surface area (Å²) < 4.78 is 0. The Balaban J connectivity index is 2.39. The zero-order chi connectivity index (χ0) is 13.1. The van der Waals surface area contributed by atoms with E-state index in [1.807, 2.05) is 0 Å². The second-order valence-corrected chi connectivity index (χ2v) is 5.36. The molecule has 1 unspecified atom stereocenters. The topological polar surface area (TPSA) is 42.2 Å². The second kappa shape index (κ2) is 5.70. The number of fused-ring (bicyclic) bond motifs is 1. The Morgan fingerprint density at radius 1 is 1.39 bits per heavy atom. The minimum absolute atomic E-state index is 0.504. The molecule has 3 nitrogen and oxygen atoms in total. The number of nitrogens with zero attached hydrogens (tertiary/aromatic N) is 2. The van der Waals surface area contributed by atoms with Gasteiger partial charge in [0, 0.05) is 30.9 Å². The van der Waals surface area contributed by atoms with Gasteiger partial charge in [0.1, 0.15) is 5.82 Å². The third kappa shape index (κ3) is 2.51. The van der Waals surface area contributed by atoms with E-state index in [1.54, 1.807) is 0 Å². The van der Waals surface area contributed by atoms with Crippen molar-refractivity contribution in [3.63, 3.8) is 0 Å². The molecule has 0 saturated carbocycles. The number of aryl methyl sites for hydroxylation is 2. The molecule has 1 heterocycles. The summed E-state index contributed by atoms with van der Waals surface area (Å²) >= 11 is 0. The van der Waals surface area contributed by atoms with Crippen molar-refractivity contribution in [2.45, 2.75) is 58.5 Å². The maximum absolute atomic E-state index is 5.90. The number of hydrogen-bond donors (Lipinski definition) is 1. The van der Waals surface area contributed by atoms with E-state index in [0.717, 1.165) is 18.7 Å². The predicted molar refractivity (Wildman–Crippen MR) is 76.9 cm³/mol. The summed E-state index contributed by atoms with van der Waals surface area (Å²) in [5.74, 6) is 1.09. The van der Waals surface area contributed by atoms with Crippen LogP contribution in [0.4, 0.5) is 5.82 Å². The normalized spacial score (nSPS) is 16.2. The van der Waals surface area contributed by atoms with Crippen LogP contribution in [-0.4, -0.2) is 18.1 Å². The van der Waals surface area contributed by atoms with Gasteiger partial charge in [0.15, 0.2) is 0 Å².